The van der Waals surface area contributed by atoms with Gasteiger partial charge in [0.2, 0.25) is 5.91 Å². The minimum absolute atomic E-state index is 0.0758. The molecule has 5 heteroatoms. The summed E-state index contributed by atoms with van der Waals surface area (Å²) in [5.41, 5.74) is 7.08. The zero-order valence-corrected chi connectivity index (χ0v) is 11.6. The molecule has 0 atom stereocenters. The van der Waals surface area contributed by atoms with Gasteiger partial charge in [0.25, 0.3) is 0 Å². The van der Waals surface area contributed by atoms with Crippen LogP contribution in [-0.2, 0) is 11.2 Å². The number of amidine groups is 1. The van der Waals surface area contributed by atoms with Crippen LogP contribution in [0.5, 0.6) is 0 Å². The van der Waals surface area contributed by atoms with Gasteiger partial charge in [-0.2, -0.15) is 0 Å². The molecule has 5 nitrogen and oxygen atoms in total. The molecule has 0 spiro atoms. The highest BCUT2D eigenvalue weighted by Crippen LogP contribution is 2.13. The van der Waals surface area contributed by atoms with Gasteiger partial charge < -0.3 is 16.3 Å². The average Bonchev–Trinajstić information content (AvgIpc) is 2.38. The standard InChI is InChI=1S/C14H21N3O2/c1-10-6-4-5-7-11(10)8-12(18)16-9-14(2,3)13(15)17-19/h4-7,19H,8-9H2,1-3H3,(H2,15,17)(H,16,18). The van der Waals surface area contributed by atoms with Crippen LogP contribution in [0.25, 0.3) is 0 Å². The van der Waals surface area contributed by atoms with Crippen molar-refractivity contribution in [3.8, 4) is 0 Å². The summed E-state index contributed by atoms with van der Waals surface area (Å²) in [5, 5.41) is 14.4. The molecule has 0 fully saturated rings. The smallest absolute Gasteiger partial charge is 0.224 e. The first-order valence-corrected chi connectivity index (χ1v) is 6.16. The SMILES string of the molecule is Cc1ccccc1CC(=O)NCC(C)(C)/C(N)=N/O. The van der Waals surface area contributed by atoms with E-state index in [1.165, 1.54) is 0 Å². The molecule has 19 heavy (non-hydrogen) atoms. The monoisotopic (exact) mass is 263 g/mol. The number of aryl methyl sites for hydroxylation is 1. The van der Waals surface area contributed by atoms with Gasteiger partial charge in [0.05, 0.1) is 6.42 Å². The summed E-state index contributed by atoms with van der Waals surface area (Å²) < 4.78 is 0. The average molecular weight is 263 g/mol. The Morgan fingerprint density at radius 1 is 1.42 bits per heavy atom. The van der Waals surface area contributed by atoms with Gasteiger partial charge in [0.15, 0.2) is 0 Å². The van der Waals surface area contributed by atoms with Crippen LogP contribution in [0.3, 0.4) is 0 Å². The number of nitrogens with one attached hydrogen (secondary N) is 1. The Hall–Kier alpha value is -2.04. The highest BCUT2D eigenvalue weighted by atomic mass is 16.4. The van der Waals surface area contributed by atoms with Gasteiger partial charge in [-0.1, -0.05) is 43.3 Å². The second-order valence-electron chi connectivity index (χ2n) is 5.25. The quantitative estimate of drug-likeness (QED) is 0.325. The van der Waals surface area contributed by atoms with E-state index in [4.69, 9.17) is 10.9 Å². The van der Waals surface area contributed by atoms with Crippen molar-refractivity contribution in [2.45, 2.75) is 27.2 Å². The van der Waals surface area contributed by atoms with E-state index < -0.39 is 5.41 Å². The van der Waals surface area contributed by atoms with Gasteiger partial charge in [0.1, 0.15) is 5.84 Å². The topological polar surface area (TPSA) is 87.7 Å². The predicted octanol–water partition coefficient (Wildman–Crippen LogP) is 1.43. The van der Waals surface area contributed by atoms with Crippen LogP contribution >= 0.6 is 0 Å². The van der Waals surface area contributed by atoms with E-state index in [1.807, 2.05) is 31.2 Å². The number of nitrogens with two attached hydrogens (primary N) is 1. The van der Waals surface area contributed by atoms with Gasteiger partial charge in [-0.25, -0.2) is 0 Å². The summed E-state index contributed by atoms with van der Waals surface area (Å²) in [6, 6.07) is 7.76. The van der Waals surface area contributed by atoms with E-state index in [2.05, 4.69) is 10.5 Å². The molecule has 1 aromatic carbocycles. The Balaban J connectivity index is 2.56. The van der Waals surface area contributed by atoms with E-state index in [1.54, 1.807) is 13.8 Å². The Morgan fingerprint density at radius 3 is 2.63 bits per heavy atom. The van der Waals surface area contributed by atoms with E-state index in [0.29, 0.717) is 13.0 Å². The van der Waals surface area contributed by atoms with Gasteiger partial charge in [-0.3, -0.25) is 4.79 Å². The predicted molar refractivity (Wildman–Crippen MR) is 75.1 cm³/mol. The second-order valence-corrected chi connectivity index (χ2v) is 5.25. The van der Waals surface area contributed by atoms with Crippen molar-refractivity contribution in [1.82, 2.24) is 5.32 Å². The maximum atomic E-state index is 11.9. The van der Waals surface area contributed by atoms with E-state index >= 15 is 0 Å². The molecule has 104 valence electrons. The van der Waals surface area contributed by atoms with Crippen molar-refractivity contribution in [2.75, 3.05) is 6.54 Å². The van der Waals surface area contributed by atoms with Crippen LogP contribution in [0.15, 0.2) is 29.4 Å². The third kappa shape index (κ3) is 4.28. The molecule has 0 heterocycles. The minimum Gasteiger partial charge on any atom is -0.409 e. The molecule has 1 amide bonds. The minimum atomic E-state index is -0.573. The number of carbonyl (C=O) groups is 1. The van der Waals surface area contributed by atoms with Gasteiger partial charge in [-0.05, 0) is 18.1 Å². The fourth-order valence-corrected chi connectivity index (χ4v) is 1.59. The first-order valence-electron chi connectivity index (χ1n) is 6.16. The number of benzene rings is 1. The largest absolute Gasteiger partial charge is 0.409 e. The van der Waals surface area contributed by atoms with Crippen LogP contribution < -0.4 is 11.1 Å². The first-order chi connectivity index (χ1) is 8.86. The summed E-state index contributed by atoms with van der Waals surface area (Å²) in [5.74, 6) is 0.0248. The molecular weight excluding hydrogens is 242 g/mol. The van der Waals surface area contributed by atoms with E-state index in [0.717, 1.165) is 11.1 Å². The molecular formula is C14H21N3O2. The molecule has 0 aliphatic rings. The summed E-state index contributed by atoms with van der Waals surface area (Å²) in [4.78, 5) is 11.9. The van der Waals surface area contributed by atoms with Gasteiger partial charge in [0, 0.05) is 12.0 Å². The molecule has 1 rings (SSSR count). The fraction of sp³-hybridized carbons (Fsp3) is 0.429. The Morgan fingerprint density at radius 2 is 2.05 bits per heavy atom. The number of rotatable bonds is 5. The lowest BCUT2D eigenvalue weighted by Crippen LogP contribution is -2.43. The maximum absolute atomic E-state index is 11.9. The van der Waals surface area contributed by atoms with Crippen molar-refractivity contribution in [2.24, 2.45) is 16.3 Å². The Kier molecular flexibility index (Phi) is 4.92. The highest BCUT2D eigenvalue weighted by Gasteiger charge is 2.24. The normalized spacial score (nSPS) is 12.3. The number of hydrogen-bond donors (Lipinski definition) is 3. The zero-order valence-electron chi connectivity index (χ0n) is 11.6. The fourth-order valence-electron chi connectivity index (χ4n) is 1.59. The molecule has 0 bridgehead atoms. The molecule has 0 aliphatic heterocycles. The third-order valence-electron chi connectivity index (χ3n) is 3.14. The summed E-state index contributed by atoms with van der Waals surface area (Å²) in [6.07, 6.45) is 0.332. The molecule has 0 aliphatic carbocycles. The molecule has 0 saturated carbocycles. The summed E-state index contributed by atoms with van der Waals surface area (Å²) >= 11 is 0. The van der Waals surface area contributed by atoms with Crippen LogP contribution in [0.1, 0.15) is 25.0 Å². The number of hydrogen-bond acceptors (Lipinski definition) is 3. The number of amides is 1. The van der Waals surface area contributed by atoms with Crippen LogP contribution in [-0.4, -0.2) is 23.5 Å². The van der Waals surface area contributed by atoms with Crippen molar-refractivity contribution >= 4 is 11.7 Å². The molecule has 4 N–H and O–H groups in total. The molecule has 0 aromatic heterocycles. The Bertz CT molecular complexity index is 481. The molecule has 1 aromatic rings. The van der Waals surface area contributed by atoms with Crippen molar-refractivity contribution in [1.29, 1.82) is 0 Å². The van der Waals surface area contributed by atoms with Crippen molar-refractivity contribution in [3.63, 3.8) is 0 Å². The molecule has 0 unspecified atom stereocenters. The van der Waals surface area contributed by atoms with E-state index in [-0.39, 0.29) is 11.7 Å². The number of carbonyl (C=O) groups excluding carboxylic acids is 1. The zero-order chi connectivity index (χ0) is 14.5. The van der Waals surface area contributed by atoms with E-state index in [9.17, 15) is 4.79 Å². The Labute approximate surface area is 113 Å². The molecule has 0 saturated heterocycles. The van der Waals surface area contributed by atoms with Crippen LogP contribution in [0, 0.1) is 12.3 Å². The van der Waals surface area contributed by atoms with Gasteiger partial charge >= 0.3 is 0 Å². The number of oxime groups is 1. The lowest BCUT2D eigenvalue weighted by atomic mass is 9.92. The van der Waals surface area contributed by atoms with Gasteiger partial charge in [-0.15, -0.1) is 0 Å². The summed E-state index contributed by atoms with van der Waals surface area (Å²) in [6.45, 7) is 5.91. The van der Waals surface area contributed by atoms with Crippen molar-refractivity contribution in [3.05, 3.63) is 35.4 Å². The second kappa shape index (κ2) is 6.22. The highest BCUT2D eigenvalue weighted by molar-refractivity contribution is 5.86. The third-order valence-corrected chi connectivity index (χ3v) is 3.14. The first kappa shape index (κ1) is 15.0. The maximum Gasteiger partial charge on any atom is 0.224 e. The number of nitrogens with zero attached hydrogens (tertiary/aromatic N) is 1. The van der Waals surface area contributed by atoms with Crippen LogP contribution in [0.4, 0.5) is 0 Å². The van der Waals surface area contributed by atoms with Crippen LogP contribution in [0.2, 0.25) is 0 Å². The van der Waals surface area contributed by atoms with Crippen molar-refractivity contribution < 1.29 is 10.0 Å². The molecule has 0 radical (unpaired) electrons. The lowest BCUT2D eigenvalue weighted by molar-refractivity contribution is -0.120. The lowest BCUT2D eigenvalue weighted by Gasteiger charge is -2.23. The summed E-state index contributed by atoms with van der Waals surface area (Å²) in [7, 11) is 0.